The first-order chi connectivity index (χ1) is 7.70. The Morgan fingerprint density at radius 2 is 2.62 bits per heavy atom. The molecular weight excluding hydrogens is 246 g/mol. The van der Waals surface area contributed by atoms with E-state index in [2.05, 4.69) is 15.2 Å². The molecule has 0 unspecified atom stereocenters. The predicted molar refractivity (Wildman–Crippen MR) is 64.3 cm³/mol. The van der Waals surface area contributed by atoms with Crippen LogP contribution in [0.25, 0.3) is 0 Å². The van der Waals surface area contributed by atoms with Crippen molar-refractivity contribution in [3.05, 3.63) is 26.9 Å². The minimum absolute atomic E-state index is 0.555. The molecule has 2 rings (SSSR count). The first-order valence-electron chi connectivity index (χ1n) is 4.96. The molecule has 0 aromatic carbocycles. The van der Waals surface area contributed by atoms with Crippen molar-refractivity contribution in [2.45, 2.75) is 13.5 Å². The maximum atomic E-state index is 10.7. The molecule has 16 heavy (non-hydrogen) atoms. The van der Waals surface area contributed by atoms with E-state index in [1.165, 1.54) is 11.3 Å². The van der Waals surface area contributed by atoms with E-state index in [4.69, 9.17) is 11.6 Å². The van der Waals surface area contributed by atoms with Gasteiger partial charge >= 0.3 is 0 Å². The molecule has 0 saturated carbocycles. The minimum Gasteiger partial charge on any atom is -0.370 e. The van der Waals surface area contributed by atoms with E-state index in [1.54, 1.807) is 6.20 Å². The van der Waals surface area contributed by atoms with Gasteiger partial charge in [0.05, 0.1) is 6.54 Å². The van der Waals surface area contributed by atoms with Crippen LogP contribution in [0.3, 0.4) is 0 Å². The topological polar surface area (TPSA) is 45.2 Å². The molecule has 0 radical (unpaired) electrons. The first kappa shape index (κ1) is 11.4. The van der Waals surface area contributed by atoms with E-state index in [1.807, 2.05) is 6.92 Å². The third-order valence-electron chi connectivity index (χ3n) is 2.41. The lowest BCUT2D eigenvalue weighted by Crippen LogP contribution is -2.20. The summed E-state index contributed by atoms with van der Waals surface area (Å²) >= 11 is 7.25. The largest absolute Gasteiger partial charge is 0.370 e. The molecule has 0 aliphatic carbocycles. The zero-order valence-corrected chi connectivity index (χ0v) is 10.4. The standard InChI is InChI=1S/C10H12ClN3OS/c1-7(6-15)9-12-2-3-14(9)5-8-4-13-10(11)16-8/h4,6,12H,2-3,5H2,1H3. The summed E-state index contributed by atoms with van der Waals surface area (Å²) in [6, 6.07) is 0. The van der Waals surface area contributed by atoms with Gasteiger partial charge in [-0.1, -0.05) is 11.6 Å². The zero-order chi connectivity index (χ0) is 11.5. The number of carbonyl (C=O) groups excluding carboxylic acids is 1. The Balaban J connectivity index is 2.13. The lowest BCUT2D eigenvalue weighted by atomic mass is 10.3. The number of thiazole rings is 1. The van der Waals surface area contributed by atoms with Crippen LogP contribution in [-0.4, -0.2) is 29.3 Å². The second-order valence-electron chi connectivity index (χ2n) is 3.58. The van der Waals surface area contributed by atoms with E-state index < -0.39 is 0 Å². The van der Waals surface area contributed by atoms with Crippen molar-refractivity contribution in [1.82, 2.24) is 15.2 Å². The van der Waals surface area contributed by atoms with Gasteiger partial charge in [-0.05, 0) is 6.92 Å². The Morgan fingerprint density at radius 3 is 3.25 bits per heavy atom. The summed E-state index contributed by atoms with van der Waals surface area (Å²) in [7, 11) is 0. The van der Waals surface area contributed by atoms with Crippen LogP contribution in [0.1, 0.15) is 11.8 Å². The SMILES string of the molecule is CC(C=O)=C1NCCN1Cc1cnc(Cl)s1. The molecule has 1 aliphatic heterocycles. The van der Waals surface area contributed by atoms with E-state index in [-0.39, 0.29) is 0 Å². The summed E-state index contributed by atoms with van der Waals surface area (Å²) < 4.78 is 0.555. The molecule has 4 nitrogen and oxygen atoms in total. The molecule has 1 aromatic heterocycles. The molecule has 1 aliphatic rings. The van der Waals surface area contributed by atoms with Gasteiger partial charge < -0.3 is 10.2 Å². The summed E-state index contributed by atoms with van der Waals surface area (Å²) in [6.45, 7) is 4.33. The van der Waals surface area contributed by atoms with Crippen molar-refractivity contribution in [3.63, 3.8) is 0 Å². The highest BCUT2D eigenvalue weighted by atomic mass is 35.5. The van der Waals surface area contributed by atoms with Gasteiger partial charge in [0.15, 0.2) is 4.47 Å². The van der Waals surface area contributed by atoms with E-state index in [0.717, 1.165) is 42.2 Å². The molecule has 0 atom stereocenters. The number of carbonyl (C=O) groups is 1. The first-order valence-corrected chi connectivity index (χ1v) is 6.15. The monoisotopic (exact) mass is 257 g/mol. The number of allylic oxidation sites excluding steroid dienone is 1. The molecule has 1 aromatic rings. The molecule has 0 bridgehead atoms. The molecule has 86 valence electrons. The van der Waals surface area contributed by atoms with Crippen LogP contribution in [0, 0.1) is 0 Å². The summed E-state index contributed by atoms with van der Waals surface area (Å²) in [4.78, 5) is 18.0. The summed E-state index contributed by atoms with van der Waals surface area (Å²) in [5.41, 5.74) is 0.730. The fourth-order valence-electron chi connectivity index (χ4n) is 1.68. The number of rotatable bonds is 3. The van der Waals surface area contributed by atoms with Crippen molar-refractivity contribution in [2.75, 3.05) is 13.1 Å². The van der Waals surface area contributed by atoms with Crippen molar-refractivity contribution < 1.29 is 4.79 Å². The molecule has 2 heterocycles. The molecule has 1 N–H and O–H groups in total. The van der Waals surface area contributed by atoms with Crippen LogP contribution < -0.4 is 5.32 Å². The highest BCUT2D eigenvalue weighted by molar-refractivity contribution is 7.15. The molecule has 0 amide bonds. The summed E-state index contributed by atoms with van der Waals surface area (Å²) in [6.07, 6.45) is 2.65. The Labute approximate surface area is 103 Å². The van der Waals surface area contributed by atoms with Crippen LogP contribution in [0.4, 0.5) is 0 Å². The Morgan fingerprint density at radius 1 is 1.81 bits per heavy atom. The number of aldehydes is 1. The predicted octanol–water partition coefficient (Wildman–Crippen LogP) is 1.63. The van der Waals surface area contributed by atoms with Gasteiger partial charge in [0.1, 0.15) is 12.1 Å². The highest BCUT2D eigenvalue weighted by Crippen LogP contribution is 2.22. The second kappa shape index (κ2) is 4.84. The molecule has 0 spiro atoms. The number of halogens is 1. The van der Waals surface area contributed by atoms with Gasteiger partial charge in [-0.15, -0.1) is 11.3 Å². The number of aromatic nitrogens is 1. The zero-order valence-electron chi connectivity index (χ0n) is 8.86. The van der Waals surface area contributed by atoms with Gasteiger partial charge in [0, 0.05) is 29.7 Å². The highest BCUT2D eigenvalue weighted by Gasteiger charge is 2.19. The lowest BCUT2D eigenvalue weighted by Gasteiger charge is -2.18. The quantitative estimate of drug-likeness (QED) is 0.660. The van der Waals surface area contributed by atoms with Crippen LogP contribution in [0.15, 0.2) is 17.6 Å². The Bertz CT molecular complexity index is 429. The van der Waals surface area contributed by atoms with Crippen molar-refractivity contribution in [1.29, 1.82) is 0 Å². The minimum atomic E-state index is 0.555. The summed E-state index contributed by atoms with van der Waals surface area (Å²) in [5.74, 6) is 0.916. The third kappa shape index (κ3) is 2.36. The van der Waals surface area contributed by atoms with E-state index in [9.17, 15) is 4.79 Å². The van der Waals surface area contributed by atoms with Gasteiger partial charge in [0.2, 0.25) is 0 Å². The van der Waals surface area contributed by atoms with Crippen molar-refractivity contribution >= 4 is 29.2 Å². The normalized spacial score (nSPS) is 18.5. The third-order valence-corrected chi connectivity index (χ3v) is 3.51. The van der Waals surface area contributed by atoms with Gasteiger partial charge in [-0.2, -0.15) is 0 Å². The van der Waals surface area contributed by atoms with Crippen LogP contribution in [0.2, 0.25) is 4.47 Å². The molecule has 1 saturated heterocycles. The van der Waals surface area contributed by atoms with Crippen LogP contribution >= 0.6 is 22.9 Å². The Hall–Kier alpha value is -1.07. The van der Waals surface area contributed by atoms with Gasteiger partial charge in [-0.3, -0.25) is 4.79 Å². The smallest absolute Gasteiger partial charge is 0.183 e. The van der Waals surface area contributed by atoms with Gasteiger partial charge in [-0.25, -0.2) is 4.98 Å². The molecular formula is C10H12ClN3OS. The number of hydrogen-bond donors (Lipinski definition) is 1. The van der Waals surface area contributed by atoms with Crippen LogP contribution in [0.5, 0.6) is 0 Å². The van der Waals surface area contributed by atoms with E-state index >= 15 is 0 Å². The van der Waals surface area contributed by atoms with Crippen molar-refractivity contribution in [3.8, 4) is 0 Å². The number of hydrogen-bond acceptors (Lipinski definition) is 5. The average molecular weight is 258 g/mol. The second-order valence-corrected chi connectivity index (χ2v) is 5.27. The van der Waals surface area contributed by atoms with Crippen LogP contribution in [-0.2, 0) is 11.3 Å². The lowest BCUT2D eigenvalue weighted by molar-refractivity contribution is -0.105. The fraction of sp³-hybridized carbons (Fsp3) is 0.400. The van der Waals surface area contributed by atoms with E-state index in [0.29, 0.717) is 4.47 Å². The molecule has 6 heteroatoms. The summed E-state index contributed by atoms with van der Waals surface area (Å²) in [5, 5.41) is 3.21. The maximum absolute atomic E-state index is 10.7. The van der Waals surface area contributed by atoms with Gasteiger partial charge in [0.25, 0.3) is 0 Å². The average Bonchev–Trinajstić information content (AvgIpc) is 2.87. The maximum Gasteiger partial charge on any atom is 0.183 e. The molecule has 1 fully saturated rings. The number of nitrogens with zero attached hydrogens (tertiary/aromatic N) is 2. The van der Waals surface area contributed by atoms with Crippen molar-refractivity contribution in [2.24, 2.45) is 0 Å². The fourth-order valence-corrected chi connectivity index (χ4v) is 2.67. The Kier molecular flexibility index (Phi) is 3.46. The number of nitrogens with one attached hydrogen (secondary N) is 1.